The molecule has 0 aliphatic carbocycles. The number of rotatable bonds is 24. The highest BCUT2D eigenvalue weighted by Crippen LogP contribution is 2.13. The second-order valence-electron chi connectivity index (χ2n) is 9.29. The zero-order chi connectivity index (χ0) is 23.3. The average molecular weight is 443 g/mol. The quantitative estimate of drug-likeness (QED) is 0.146. The number of aliphatic carboxylic acids is 1. The van der Waals surface area contributed by atoms with Gasteiger partial charge in [-0.15, -0.1) is 0 Å². The Morgan fingerprint density at radius 2 is 0.710 bits per heavy atom. The average Bonchev–Trinajstić information content (AvgIpc) is 2.76. The Bertz CT molecular complexity index is 307. The van der Waals surface area contributed by atoms with E-state index in [1.807, 2.05) is 0 Å². The molecule has 0 aliphatic heterocycles. The number of hydrogen-bond acceptors (Lipinski definition) is 2. The standard InChI is InChI=1S/C16H32O2.C12H26O/c1-2-3-4-5-6-7-8-9-10-11-12-13-14-15-16(17)18;1-2-3-4-5-6-7-8-9-10-11-12-13/h2-15H2,1H3,(H,17,18);13H,2-12H2,1H3. The summed E-state index contributed by atoms with van der Waals surface area (Å²) in [5, 5.41) is 17.1. The molecule has 0 aliphatic rings. The van der Waals surface area contributed by atoms with Crippen molar-refractivity contribution in [3.05, 3.63) is 0 Å². The molecule has 0 bridgehead atoms. The predicted molar refractivity (Wildman–Crippen MR) is 137 cm³/mol. The fraction of sp³-hybridized carbons (Fsp3) is 0.964. The van der Waals surface area contributed by atoms with Crippen molar-refractivity contribution in [2.24, 2.45) is 0 Å². The number of unbranched alkanes of at least 4 members (excludes halogenated alkanes) is 21. The molecule has 0 saturated heterocycles. The molecule has 0 aromatic carbocycles. The van der Waals surface area contributed by atoms with Crippen LogP contribution in [0.4, 0.5) is 0 Å². The molecule has 0 aromatic heterocycles. The first-order chi connectivity index (χ1) is 15.2. The highest BCUT2D eigenvalue weighted by Gasteiger charge is 1.97. The Morgan fingerprint density at radius 3 is 0.968 bits per heavy atom. The van der Waals surface area contributed by atoms with Crippen LogP contribution in [-0.4, -0.2) is 22.8 Å². The number of carbonyl (C=O) groups is 1. The minimum absolute atomic E-state index is 0.345. The third-order valence-electron chi connectivity index (χ3n) is 6.01. The third-order valence-corrected chi connectivity index (χ3v) is 6.01. The van der Waals surface area contributed by atoms with Gasteiger partial charge < -0.3 is 10.2 Å². The number of hydrogen-bond donors (Lipinski definition) is 2. The van der Waals surface area contributed by atoms with Crippen LogP contribution in [0.3, 0.4) is 0 Å². The summed E-state index contributed by atoms with van der Waals surface area (Å²) in [5.41, 5.74) is 0. The van der Waals surface area contributed by atoms with Crippen LogP contribution in [0.2, 0.25) is 0 Å². The molecular weight excluding hydrogens is 384 g/mol. The van der Waals surface area contributed by atoms with Gasteiger partial charge in [-0.2, -0.15) is 0 Å². The molecule has 0 atom stereocenters. The second-order valence-corrected chi connectivity index (χ2v) is 9.29. The maximum absolute atomic E-state index is 10.3. The van der Waals surface area contributed by atoms with Crippen LogP contribution in [-0.2, 0) is 4.79 Å². The van der Waals surface area contributed by atoms with E-state index in [9.17, 15) is 4.79 Å². The van der Waals surface area contributed by atoms with Crippen LogP contribution in [0.15, 0.2) is 0 Å². The molecule has 3 heteroatoms. The van der Waals surface area contributed by atoms with Crippen LogP contribution >= 0.6 is 0 Å². The van der Waals surface area contributed by atoms with Gasteiger partial charge in [0.15, 0.2) is 0 Å². The van der Waals surface area contributed by atoms with E-state index in [4.69, 9.17) is 10.2 Å². The molecule has 0 fully saturated rings. The molecule has 188 valence electrons. The van der Waals surface area contributed by atoms with Crippen LogP contribution < -0.4 is 0 Å². The van der Waals surface area contributed by atoms with E-state index < -0.39 is 5.97 Å². The lowest BCUT2D eigenvalue weighted by Gasteiger charge is -2.02. The Kier molecular flexibility index (Phi) is 33.3. The van der Waals surface area contributed by atoms with Crippen molar-refractivity contribution in [1.29, 1.82) is 0 Å². The molecule has 0 saturated carbocycles. The van der Waals surface area contributed by atoms with E-state index in [2.05, 4.69) is 13.8 Å². The maximum Gasteiger partial charge on any atom is 0.303 e. The number of carboxylic acid groups (broad SMARTS) is 1. The first-order valence-corrected chi connectivity index (χ1v) is 14.0. The fourth-order valence-electron chi connectivity index (χ4n) is 3.89. The van der Waals surface area contributed by atoms with Crippen molar-refractivity contribution in [2.45, 2.75) is 168 Å². The van der Waals surface area contributed by atoms with E-state index in [0.29, 0.717) is 13.0 Å². The summed E-state index contributed by atoms with van der Waals surface area (Å²) in [6, 6.07) is 0. The van der Waals surface area contributed by atoms with Gasteiger partial charge in [0.05, 0.1) is 0 Å². The second kappa shape index (κ2) is 31.6. The summed E-state index contributed by atoms with van der Waals surface area (Å²) >= 11 is 0. The summed E-state index contributed by atoms with van der Waals surface area (Å²) in [6.45, 7) is 4.89. The van der Waals surface area contributed by atoms with Gasteiger partial charge in [0, 0.05) is 13.0 Å². The number of aliphatic hydroxyl groups excluding tert-OH is 1. The number of aliphatic hydroxyl groups is 1. The Morgan fingerprint density at radius 1 is 0.452 bits per heavy atom. The Hall–Kier alpha value is -0.570. The maximum atomic E-state index is 10.3. The van der Waals surface area contributed by atoms with Gasteiger partial charge >= 0.3 is 5.97 Å². The predicted octanol–water partition coefficient (Wildman–Crippen LogP) is 9.45. The molecule has 0 amide bonds. The first kappa shape index (κ1) is 32.6. The first-order valence-electron chi connectivity index (χ1n) is 14.0. The lowest BCUT2D eigenvalue weighted by molar-refractivity contribution is -0.137. The van der Waals surface area contributed by atoms with Crippen molar-refractivity contribution < 1.29 is 15.0 Å². The largest absolute Gasteiger partial charge is 0.481 e. The van der Waals surface area contributed by atoms with Gasteiger partial charge in [-0.25, -0.2) is 0 Å². The summed E-state index contributed by atoms with van der Waals surface area (Å²) in [5.74, 6) is -0.655. The molecular formula is C28H58O3. The lowest BCUT2D eigenvalue weighted by atomic mass is 10.0. The van der Waals surface area contributed by atoms with Crippen LogP contribution in [0, 0.1) is 0 Å². The summed E-state index contributed by atoms with van der Waals surface area (Å²) in [4.78, 5) is 10.3. The van der Waals surface area contributed by atoms with Crippen molar-refractivity contribution in [1.82, 2.24) is 0 Å². The molecule has 0 unspecified atom stereocenters. The Balaban J connectivity index is 0. The zero-order valence-electron chi connectivity index (χ0n) is 21.5. The molecule has 2 N–H and O–H groups in total. The van der Waals surface area contributed by atoms with E-state index in [1.54, 1.807) is 0 Å². The molecule has 0 radical (unpaired) electrons. The van der Waals surface area contributed by atoms with Crippen molar-refractivity contribution >= 4 is 5.97 Å². The van der Waals surface area contributed by atoms with Gasteiger partial charge in [0.2, 0.25) is 0 Å². The minimum atomic E-state index is -0.655. The fourth-order valence-corrected chi connectivity index (χ4v) is 3.89. The lowest BCUT2D eigenvalue weighted by Crippen LogP contribution is -1.93. The van der Waals surface area contributed by atoms with Gasteiger partial charge in [0.1, 0.15) is 0 Å². The molecule has 0 aromatic rings. The molecule has 31 heavy (non-hydrogen) atoms. The smallest absolute Gasteiger partial charge is 0.303 e. The Labute approximate surface area is 195 Å². The highest BCUT2D eigenvalue weighted by molar-refractivity contribution is 5.66. The van der Waals surface area contributed by atoms with Gasteiger partial charge in [0.25, 0.3) is 0 Å². The van der Waals surface area contributed by atoms with Crippen LogP contribution in [0.1, 0.15) is 168 Å². The van der Waals surface area contributed by atoms with Crippen molar-refractivity contribution in [2.75, 3.05) is 6.61 Å². The zero-order valence-corrected chi connectivity index (χ0v) is 21.5. The number of carboxylic acids is 1. The normalized spacial score (nSPS) is 10.7. The molecule has 3 nitrogen and oxygen atoms in total. The van der Waals surface area contributed by atoms with E-state index in [1.165, 1.54) is 128 Å². The minimum Gasteiger partial charge on any atom is -0.481 e. The molecule has 0 spiro atoms. The van der Waals surface area contributed by atoms with Crippen LogP contribution in [0.25, 0.3) is 0 Å². The van der Waals surface area contributed by atoms with Gasteiger partial charge in [-0.05, 0) is 12.8 Å². The SMILES string of the molecule is CCCCCCCCCCCCCCCC(=O)O.CCCCCCCCCCCCO. The summed E-state index contributed by atoms with van der Waals surface area (Å²) < 4.78 is 0. The summed E-state index contributed by atoms with van der Waals surface area (Å²) in [7, 11) is 0. The van der Waals surface area contributed by atoms with Crippen molar-refractivity contribution in [3.63, 3.8) is 0 Å². The van der Waals surface area contributed by atoms with E-state index >= 15 is 0 Å². The van der Waals surface area contributed by atoms with Crippen molar-refractivity contribution in [3.8, 4) is 0 Å². The van der Waals surface area contributed by atoms with Gasteiger partial charge in [-0.3, -0.25) is 4.79 Å². The highest BCUT2D eigenvalue weighted by atomic mass is 16.4. The molecule has 0 heterocycles. The monoisotopic (exact) mass is 442 g/mol. The van der Waals surface area contributed by atoms with Gasteiger partial charge in [-0.1, -0.05) is 149 Å². The third kappa shape index (κ3) is 37.1. The van der Waals surface area contributed by atoms with E-state index in [-0.39, 0.29) is 0 Å². The summed E-state index contributed by atoms with van der Waals surface area (Å²) in [6.07, 6.45) is 30.6. The van der Waals surface area contributed by atoms with E-state index in [0.717, 1.165) is 19.3 Å². The van der Waals surface area contributed by atoms with Crippen LogP contribution in [0.5, 0.6) is 0 Å². The topological polar surface area (TPSA) is 57.5 Å². The molecule has 0 rings (SSSR count).